The molecule has 1 aliphatic rings. The highest BCUT2D eigenvalue weighted by molar-refractivity contribution is 7.92. The smallest absolute Gasteiger partial charge is 0.263 e. The Balaban J connectivity index is 1.82. The van der Waals surface area contributed by atoms with Gasteiger partial charge in [-0.25, -0.2) is 8.42 Å². The zero-order valence-corrected chi connectivity index (χ0v) is 18.2. The van der Waals surface area contributed by atoms with Gasteiger partial charge in [-0.3, -0.25) is 9.10 Å². The van der Waals surface area contributed by atoms with Crippen molar-refractivity contribution in [3.05, 3.63) is 48.0 Å². The van der Waals surface area contributed by atoms with Gasteiger partial charge >= 0.3 is 0 Å². The Morgan fingerprint density at radius 1 is 1.20 bits per heavy atom. The van der Waals surface area contributed by atoms with Crippen LogP contribution in [0.3, 0.4) is 0 Å². The van der Waals surface area contributed by atoms with Crippen molar-refractivity contribution in [3.63, 3.8) is 0 Å². The molecule has 2 aromatic rings. The van der Waals surface area contributed by atoms with Crippen LogP contribution in [0.15, 0.2) is 42.5 Å². The topological polar surface area (TPSA) is 94.2 Å². The minimum absolute atomic E-state index is 0.0932. The first-order valence-corrected chi connectivity index (χ1v) is 11.4. The first-order chi connectivity index (χ1) is 14.3. The van der Waals surface area contributed by atoms with E-state index in [1.54, 1.807) is 44.6 Å². The third-order valence-corrected chi connectivity index (χ3v) is 6.11. The maximum Gasteiger partial charge on any atom is 0.263 e. The molecule has 8 nitrogen and oxygen atoms in total. The van der Waals surface area contributed by atoms with E-state index in [1.165, 1.54) is 4.31 Å². The van der Waals surface area contributed by atoms with Gasteiger partial charge in [-0.05, 0) is 36.2 Å². The number of ether oxygens (including phenoxy) is 3. The largest absolute Gasteiger partial charge is 0.493 e. The fourth-order valence-electron chi connectivity index (χ4n) is 3.41. The fourth-order valence-corrected chi connectivity index (χ4v) is 4.32. The number of carbonyl (C=O) groups excluding carboxylic acids is 1. The van der Waals surface area contributed by atoms with Crippen LogP contribution >= 0.6 is 0 Å². The van der Waals surface area contributed by atoms with Gasteiger partial charge in [0.05, 0.1) is 38.7 Å². The van der Waals surface area contributed by atoms with Gasteiger partial charge in [-0.2, -0.15) is 0 Å². The van der Waals surface area contributed by atoms with Crippen LogP contribution in [0.1, 0.15) is 24.9 Å². The molecule has 2 aromatic carbocycles. The van der Waals surface area contributed by atoms with Crippen molar-refractivity contribution >= 4 is 21.6 Å². The lowest BCUT2D eigenvalue weighted by Crippen LogP contribution is -2.51. The van der Waals surface area contributed by atoms with Gasteiger partial charge < -0.3 is 19.5 Å². The number of rotatable bonds is 7. The number of nitrogens with zero attached hydrogens (tertiary/aromatic N) is 1. The lowest BCUT2D eigenvalue weighted by atomic mass is 10.0. The lowest BCUT2D eigenvalue weighted by Gasteiger charge is -2.34. The molecule has 0 radical (unpaired) electrons. The summed E-state index contributed by atoms with van der Waals surface area (Å²) in [5.74, 6) is 1.13. The summed E-state index contributed by atoms with van der Waals surface area (Å²) in [7, 11) is -0.458. The normalized spacial score (nSPS) is 16.8. The molecule has 3 rings (SSSR count). The van der Waals surface area contributed by atoms with E-state index in [4.69, 9.17) is 14.2 Å². The van der Waals surface area contributed by atoms with E-state index in [1.807, 2.05) is 19.1 Å². The summed E-state index contributed by atoms with van der Waals surface area (Å²) in [4.78, 5) is 13.0. The predicted molar refractivity (Wildman–Crippen MR) is 114 cm³/mol. The molecule has 0 bridgehead atoms. The number of anilines is 1. The highest BCUT2D eigenvalue weighted by Crippen LogP contribution is 2.35. The Hall–Kier alpha value is -2.94. The van der Waals surface area contributed by atoms with E-state index in [9.17, 15) is 13.2 Å². The number of hydrogen-bond acceptors (Lipinski definition) is 6. The van der Waals surface area contributed by atoms with Crippen molar-refractivity contribution < 1.29 is 27.4 Å². The van der Waals surface area contributed by atoms with E-state index in [0.717, 1.165) is 11.8 Å². The van der Waals surface area contributed by atoms with E-state index in [2.05, 4.69) is 5.32 Å². The molecule has 0 aromatic heterocycles. The highest BCUT2D eigenvalue weighted by atomic mass is 32.2. The van der Waals surface area contributed by atoms with Gasteiger partial charge in [0.15, 0.2) is 17.6 Å². The van der Waals surface area contributed by atoms with E-state index >= 15 is 0 Å². The lowest BCUT2D eigenvalue weighted by molar-refractivity contribution is -0.128. The molecule has 0 fully saturated rings. The Bertz CT molecular complexity index is 1020. The Kier molecular flexibility index (Phi) is 6.40. The summed E-state index contributed by atoms with van der Waals surface area (Å²) in [5, 5.41) is 2.96. The van der Waals surface area contributed by atoms with Crippen molar-refractivity contribution in [2.24, 2.45) is 0 Å². The molecule has 0 unspecified atom stereocenters. The third-order valence-electron chi connectivity index (χ3n) is 4.96. The number of methoxy groups -OCH3 is 2. The van der Waals surface area contributed by atoms with Crippen LogP contribution in [0.4, 0.5) is 5.69 Å². The predicted octanol–water partition coefficient (Wildman–Crippen LogP) is 2.50. The molecule has 1 aliphatic heterocycles. The van der Waals surface area contributed by atoms with Crippen LogP contribution in [-0.4, -0.2) is 47.4 Å². The van der Waals surface area contributed by atoms with Crippen molar-refractivity contribution in [1.82, 2.24) is 5.32 Å². The number of benzene rings is 2. The molecule has 2 atom stereocenters. The fraction of sp³-hybridized carbons (Fsp3) is 0.381. The van der Waals surface area contributed by atoms with E-state index in [-0.39, 0.29) is 18.5 Å². The Morgan fingerprint density at radius 2 is 1.90 bits per heavy atom. The summed E-state index contributed by atoms with van der Waals surface area (Å²) in [6.45, 7) is 1.85. The zero-order chi connectivity index (χ0) is 21.9. The number of hydrogen-bond donors (Lipinski definition) is 1. The Morgan fingerprint density at radius 3 is 2.53 bits per heavy atom. The van der Waals surface area contributed by atoms with Crippen LogP contribution in [0.2, 0.25) is 0 Å². The summed E-state index contributed by atoms with van der Waals surface area (Å²) < 4.78 is 42.2. The van der Waals surface area contributed by atoms with Crippen LogP contribution in [-0.2, 0) is 14.8 Å². The number of nitrogens with one attached hydrogen (secondary N) is 1. The first-order valence-electron chi connectivity index (χ1n) is 9.54. The average Bonchev–Trinajstić information content (AvgIpc) is 2.75. The maximum absolute atomic E-state index is 13.0. The minimum Gasteiger partial charge on any atom is -0.493 e. The molecule has 162 valence electrons. The molecule has 1 amide bonds. The number of para-hydroxylation sites is 2. The molecule has 1 N–H and O–H groups in total. The molecule has 9 heteroatoms. The van der Waals surface area contributed by atoms with Crippen LogP contribution in [0.5, 0.6) is 17.2 Å². The number of sulfonamides is 1. The summed E-state index contributed by atoms with van der Waals surface area (Å²) in [6, 6.07) is 11.9. The quantitative estimate of drug-likeness (QED) is 0.720. The van der Waals surface area contributed by atoms with Gasteiger partial charge in [0.1, 0.15) is 5.75 Å². The molecule has 30 heavy (non-hydrogen) atoms. The first kappa shape index (κ1) is 21.8. The molecule has 0 saturated carbocycles. The third kappa shape index (κ3) is 4.46. The van der Waals surface area contributed by atoms with Gasteiger partial charge in [0, 0.05) is 0 Å². The van der Waals surface area contributed by atoms with Gasteiger partial charge in [0.25, 0.3) is 5.91 Å². The Labute approximate surface area is 176 Å². The average molecular weight is 435 g/mol. The van der Waals surface area contributed by atoms with Crippen molar-refractivity contribution in [2.45, 2.75) is 25.5 Å². The van der Waals surface area contributed by atoms with Gasteiger partial charge in [-0.1, -0.05) is 25.1 Å². The molecule has 1 heterocycles. The minimum atomic E-state index is -3.57. The second kappa shape index (κ2) is 8.83. The van der Waals surface area contributed by atoms with E-state index in [0.29, 0.717) is 29.4 Å². The van der Waals surface area contributed by atoms with Crippen molar-refractivity contribution in [1.29, 1.82) is 0 Å². The highest BCUT2D eigenvalue weighted by Gasteiger charge is 2.35. The standard InChI is InChI=1S/C21H26N2O6S/c1-5-15(14-10-11-18(27-2)19(12-14)28-3)22-21(24)20-13-23(30(4,25)26)16-8-6-7-9-17(16)29-20/h6-12,15,20H,5,13H2,1-4H3,(H,22,24)/t15-,20-/m1/s1. The van der Waals surface area contributed by atoms with Crippen molar-refractivity contribution in [3.8, 4) is 17.2 Å². The summed E-state index contributed by atoms with van der Waals surface area (Å²) >= 11 is 0. The number of carbonyl (C=O) groups is 1. The second-order valence-electron chi connectivity index (χ2n) is 6.95. The molecular formula is C21H26N2O6S. The van der Waals surface area contributed by atoms with Crippen LogP contribution < -0.4 is 23.8 Å². The van der Waals surface area contributed by atoms with Crippen molar-refractivity contribution in [2.75, 3.05) is 31.3 Å². The molecule has 0 aliphatic carbocycles. The van der Waals surface area contributed by atoms with Gasteiger partial charge in [0.2, 0.25) is 10.0 Å². The van der Waals surface area contributed by atoms with E-state index < -0.39 is 16.1 Å². The second-order valence-corrected chi connectivity index (χ2v) is 8.86. The SMILES string of the molecule is CC[C@@H](NC(=O)[C@H]1CN(S(C)(=O)=O)c2ccccc2O1)c1ccc(OC)c(OC)c1. The van der Waals surface area contributed by atoms with Crippen LogP contribution in [0.25, 0.3) is 0 Å². The summed E-state index contributed by atoms with van der Waals surface area (Å²) in [5.41, 5.74) is 1.27. The molecule has 0 saturated heterocycles. The molecule has 0 spiro atoms. The maximum atomic E-state index is 13.0. The van der Waals surface area contributed by atoms with Gasteiger partial charge in [-0.15, -0.1) is 0 Å². The molecular weight excluding hydrogens is 408 g/mol. The summed E-state index contributed by atoms with van der Waals surface area (Å²) in [6.07, 6.45) is 0.770. The van der Waals surface area contributed by atoms with Crippen LogP contribution in [0, 0.1) is 0 Å². The monoisotopic (exact) mass is 434 g/mol. The number of amides is 1. The number of fused-ring (bicyclic) bond motifs is 1. The zero-order valence-electron chi connectivity index (χ0n) is 17.4.